The summed E-state index contributed by atoms with van der Waals surface area (Å²) >= 11 is 0. The molecule has 2 N–H and O–H groups in total. The molecule has 1 fully saturated rings. The van der Waals surface area contributed by atoms with Gasteiger partial charge in [0.05, 0.1) is 18.0 Å². The number of fused-ring (bicyclic) bond motifs is 1. The number of anilines is 2. The van der Waals surface area contributed by atoms with Gasteiger partial charge in [-0.1, -0.05) is 0 Å². The number of aromatic nitrogens is 5. The van der Waals surface area contributed by atoms with E-state index in [1.165, 1.54) is 18.1 Å². The molecule has 4 rings (SSSR count). The predicted octanol–water partition coefficient (Wildman–Crippen LogP) is 2.95. The van der Waals surface area contributed by atoms with Gasteiger partial charge in [0, 0.05) is 19.3 Å². The molecule has 1 saturated carbocycles. The minimum Gasteiger partial charge on any atom is -0.352 e. The highest BCUT2D eigenvalue weighted by molar-refractivity contribution is 5.87. The van der Waals surface area contributed by atoms with Crippen LogP contribution in [-0.2, 0) is 29.3 Å². The van der Waals surface area contributed by atoms with Crippen LogP contribution in [0.3, 0.4) is 0 Å². The Morgan fingerprint density at radius 1 is 1.19 bits per heavy atom. The lowest BCUT2D eigenvalue weighted by molar-refractivity contribution is -0.170. The highest BCUT2D eigenvalue weighted by Gasteiger charge is 2.31. The van der Waals surface area contributed by atoms with E-state index in [0.29, 0.717) is 31.9 Å². The number of hydrogen-bond donors (Lipinski definition) is 2. The average molecular weight is 515 g/mol. The minimum atomic E-state index is -4.52. The highest BCUT2D eigenvalue weighted by Crippen LogP contribution is 2.29. The summed E-state index contributed by atoms with van der Waals surface area (Å²) in [6.07, 6.45) is -1.49. The van der Waals surface area contributed by atoms with Crippen LogP contribution in [0.15, 0.2) is 29.5 Å². The zero-order chi connectivity index (χ0) is 26.0. The van der Waals surface area contributed by atoms with E-state index in [9.17, 15) is 31.5 Å². The van der Waals surface area contributed by atoms with Crippen LogP contribution in [0.1, 0.15) is 31.2 Å². The van der Waals surface area contributed by atoms with Crippen molar-refractivity contribution in [2.24, 2.45) is 7.05 Å². The fraction of sp³-hybridized carbons (Fsp3) is 0.476. The summed E-state index contributed by atoms with van der Waals surface area (Å²) in [5, 5.41) is 9.70. The summed E-state index contributed by atoms with van der Waals surface area (Å²) in [6.45, 7) is -3.15. The number of nitrogens with zero attached hydrogens (tertiary/aromatic N) is 5. The molecular weight excluding hydrogens is 493 g/mol. The Morgan fingerprint density at radius 2 is 1.92 bits per heavy atom. The second kappa shape index (κ2) is 10.2. The number of rotatable bonds is 7. The number of aryl methyl sites for hydroxylation is 1. The number of carbonyl (C=O) groups is 1. The molecule has 0 bridgehead atoms. The summed E-state index contributed by atoms with van der Waals surface area (Å²) in [4.78, 5) is 33.4. The van der Waals surface area contributed by atoms with Gasteiger partial charge >= 0.3 is 12.8 Å². The molecule has 0 aromatic carbocycles. The third-order valence-electron chi connectivity index (χ3n) is 5.80. The van der Waals surface area contributed by atoms with Crippen LogP contribution in [0.25, 0.3) is 11.0 Å². The van der Waals surface area contributed by atoms with Gasteiger partial charge in [-0.25, -0.2) is 9.97 Å². The van der Waals surface area contributed by atoms with Crippen LogP contribution in [0.5, 0.6) is 0 Å². The summed E-state index contributed by atoms with van der Waals surface area (Å²) < 4.78 is 69.7. The molecule has 3 aromatic heterocycles. The maximum atomic E-state index is 13.0. The quantitative estimate of drug-likeness (QED) is 0.465. The number of alkyl halides is 5. The molecule has 0 aliphatic heterocycles. The number of halogens is 5. The minimum absolute atomic E-state index is 0.0713. The number of ether oxygens (including phenoxy) is 1. The molecule has 0 atom stereocenters. The van der Waals surface area contributed by atoms with Gasteiger partial charge < -0.3 is 15.4 Å². The molecule has 10 nitrogen and oxygen atoms in total. The average Bonchev–Trinajstić information content (AvgIpc) is 3.12. The number of pyridine rings is 1. The van der Waals surface area contributed by atoms with E-state index in [4.69, 9.17) is 0 Å². The van der Waals surface area contributed by atoms with Crippen LogP contribution in [0.2, 0.25) is 0 Å². The normalized spacial score (nSPS) is 18.5. The SMILES string of the molecule is Cn1nc(Nc2ccc(C(F)(F)F)cn2)c2ncn(CC(=O)N[C@H]3CC[C@H](OC(F)F)CC3)c(=O)c21. The third-order valence-corrected chi connectivity index (χ3v) is 5.80. The van der Waals surface area contributed by atoms with Crippen molar-refractivity contribution < 1.29 is 31.5 Å². The molecule has 194 valence electrons. The van der Waals surface area contributed by atoms with Crippen molar-refractivity contribution in [1.29, 1.82) is 0 Å². The predicted molar refractivity (Wildman–Crippen MR) is 117 cm³/mol. The van der Waals surface area contributed by atoms with Crippen molar-refractivity contribution in [3.63, 3.8) is 0 Å². The zero-order valence-corrected chi connectivity index (χ0v) is 18.9. The summed E-state index contributed by atoms with van der Waals surface area (Å²) in [6, 6.07) is 1.77. The molecule has 3 aromatic rings. The first-order valence-electron chi connectivity index (χ1n) is 11.0. The number of hydrogen-bond acceptors (Lipinski definition) is 7. The number of nitrogens with one attached hydrogen (secondary N) is 2. The second-order valence-corrected chi connectivity index (χ2v) is 8.34. The molecule has 1 amide bonds. The lowest BCUT2D eigenvalue weighted by atomic mass is 9.93. The summed E-state index contributed by atoms with van der Waals surface area (Å²) in [5.74, 6) is -0.260. The van der Waals surface area contributed by atoms with Crippen LogP contribution >= 0.6 is 0 Å². The van der Waals surface area contributed by atoms with Gasteiger partial charge in [0.2, 0.25) is 5.91 Å². The highest BCUT2D eigenvalue weighted by atomic mass is 19.4. The molecule has 0 unspecified atom stereocenters. The van der Waals surface area contributed by atoms with Crippen LogP contribution in [0, 0.1) is 0 Å². The lowest BCUT2D eigenvalue weighted by Gasteiger charge is -2.28. The Hall–Kier alpha value is -3.62. The van der Waals surface area contributed by atoms with Crippen molar-refractivity contribution in [1.82, 2.24) is 29.6 Å². The monoisotopic (exact) mass is 515 g/mol. The van der Waals surface area contributed by atoms with Crippen LogP contribution in [-0.4, -0.2) is 49.0 Å². The molecular formula is C21H22F5N7O3. The van der Waals surface area contributed by atoms with Gasteiger partial charge in [-0.05, 0) is 37.8 Å². The van der Waals surface area contributed by atoms with Gasteiger partial charge in [0.15, 0.2) is 11.3 Å². The molecule has 15 heteroatoms. The Labute approximate surface area is 200 Å². The van der Waals surface area contributed by atoms with Crippen molar-refractivity contribution in [3.05, 3.63) is 40.6 Å². The summed E-state index contributed by atoms with van der Waals surface area (Å²) in [5.41, 5.74) is -1.23. The molecule has 36 heavy (non-hydrogen) atoms. The molecule has 0 spiro atoms. The first-order chi connectivity index (χ1) is 17.0. The smallest absolute Gasteiger partial charge is 0.352 e. The van der Waals surface area contributed by atoms with Crippen molar-refractivity contribution >= 4 is 28.6 Å². The van der Waals surface area contributed by atoms with Crippen LogP contribution < -0.4 is 16.2 Å². The Bertz CT molecular complexity index is 1280. The van der Waals surface area contributed by atoms with Gasteiger partial charge in [0.25, 0.3) is 5.56 Å². The lowest BCUT2D eigenvalue weighted by Crippen LogP contribution is -2.42. The van der Waals surface area contributed by atoms with Crippen LogP contribution in [0.4, 0.5) is 33.6 Å². The van der Waals surface area contributed by atoms with Crippen molar-refractivity contribution in [2.75, 3.05) is 5.32 Å². The van der Waals surface area contributed by atoms with E-state index in [-0.39, 0.29) is 35.3 Å². The van der Waals surface area contributed by atoms with Gasteiger partial charge in [-0.2, -0.15) is 27.1 Å². The standard InChI is InChI=1S/C21H22F5N7O3/c1-32-17-16(18(31-32)30-14-7-2-11(8-27-14)21(24,25)26)28-10-33(19(17)35)9-15(34)29-12-3-5-13(6-4-12)36-20(22)23/h2,7-8,10,12-13,20H,3-6,9H2,1H3,(H,29,34)(H,27,30,31)/t12-,13-. The van der Waals surface area contributed by atoms with E-state index in [1.807, 2.05) is 0 Å². The fourth-order valence-corrected chi connectivity index (χ4v) is 4.06. The van der Waals surface area contributed by atoms with Gasteiger partial charge in [-0.15, -0.1) is 0 Å². The molecule has 3 heterocycles. The molecule has 1 aliphatic carbocycles. The summed E-state index contributed by atoms with van der Waals surface area (Å²) in [7, 11) is 1.49. The second-order valence-electron chi connectivity index (χ2n) is 8.34. The van der Waals surface area contributed by atoms with E-state index < -0.39 is 35.9 Å². The zero-order valence-electron chi connectivity index (χ0n) is 18.9. The van der Waals surface area contributed by atoms with E-state index in [1.54, 1.807) is 0 Å². The van der Waals surface area contributed by atoms with Crippen molar-refractivity contribution in [2.45, 2.75) is 57.2 Å². The van der Waals surface area contributed by atoms with Gasteiger partial charge in [-0.3, -0.25) is 18.8 Å². The maximum Gasteiger partial charge on any atom is 0.417 e. The fourth-order valence-electron chi connectivity index (χ4n) is 4.06. The van der Waals surface area contributed by atoms with Gasteiger partial charge in [0.1, 0.15) is 17.9 Å². The molecule has 0 radical (unpaired) electrons. The van der Waals surface area contributed by atoms with E-state index in [2.05, 4.69) is 30.4 Å². The third kappa shape index (κ3) is 5.78. The first kappa shape index (κ1) is 25.5. The number of amides is 1. The first-order valence-corrected chi connectivity index (χ1v) is 11.0. The number of carbonyl (C=O) groups excluding carboxylic acids is 1. The molecule has 0 saturated heterocycles. The largest absolute Gasteiger partial charge is 0.417 e. The van der Waals surface area contributed by atoms with Crippen molar-refractivity contribution in [3.8, 4) is 0 Å². The van der Waals surface area contributed by atoms with E-state index in [0.717, 1.165) is 16.7 Å². The molecule has 1 aliphatic rings. The Balaban J connectivity index is 1.43. The van der Waals surface area contributed by atoms with E-state index >= 15 is 0 Å². The Morgan fingerprint density at radius 3 is 2.53 bits per heavy atom. The maximum absolute atomic E-state index is 13.0. The topological polar surface area (TPSA) is 116 Å². The Kier molecular flexibility index (Phi) is 7.19.